The molecule has 4 nitrogen and oxygen atoms in total. The highest BCUT2D eigenvalue weighted by molar-refractivity contribution is 6.30. The number of hydrogen-bond acceptors (Lipinski definition) is 3. The fourth-order valence-electron chi connectivity index (χ4n) is 1.86. The summed E-state index contributed by atoms with van der Waals surface area (Å²) in [5, 5.41) is 2.33. The number of carbonyl (C=O) groups excluding carboxylic acids is 1. The molecule has 1 aliphatic heterocycles. The van der Waals surface area contributed by atoms with Crippen molar-refractivity contribution in [3.8, 4) is 0 Å². The monoisotopic (exact) mass is 239 g/mol. The van der Waals surface area contributed by atoms with Crippen molar-refractivity contribution in [3.63, 3.8) is 0 Å². The van der Waals surface area contributed by atoms with Crippen LogP contribution in [-0.4, -0.2) is 23.9 Å². The van der Waals surface area contributed by atoms with Crippen molar-refractivity contribution in [1.82, 2.24) is 4.90 Å². The number of hydrazine groups is 1. The molecular formula is C11H14ClN3O. The Morgan fingerprint density at radius 1 is 1.44 bits per heavy atom. The summed E-state index contributed by atoms with van der Waals surface area (Å²) in [5.74, 6) is 5.97. The number of anilines is 1. The SMILES string of the molecule is CC(=O)N1CCN(N)c2ccc(Cl)cc2C1. The van der Waals surface area contributed by atoms with E-state index in [2.05, 4.69) is 0 Å². The van der Waals surface area contributed by atoms with E-state index in [1.807, 2.05) is 18.2 Å². The van der Waals surface area contributed by atoms with Gasteiger partial charge in [0.25, 0.3) is 0 Å². The molecule has 2 N–H and O–H groups in total. The minimum absolute atomic E-state index is 0.0567. The summed E-state index contributed by atoms with van der Waals surface area (Å²) in [6, 6.07) is 5.56. The second-order valence-electron chi connectivity index (χ2n) is 3.91. The fourth-order valence-corrected chi connectivity index (χ4v) is 2.06. The van der Waals surface area contributed by atoms with Crippen molar-refractivity contribution >= 4 is 23.2 Å². The predicted octanol–water partition coefficient (Wildman–Crippen LogP) is 1.38. The van der Waals surface area contributed by atoms with Crippen LogP contribution in [-0.2, 0) is 11.3 Å². The minimum atomic E-state index is 0.0567. The van der Waals surface area contributed by atoms with Crippen molar-refractivity contribution in [2.24, 2.45) is 5.84 Å². The van der Waals surface area contributed by atoms with Crippen molar-refractivity contribution in [3.05, 3.63) is 28.8 Å². The topological polar surface area (TPSA) is 49.6 Å². The van der Waals surface area contributed by atoms with E-state index < -0.39 is 0 Å². The van der Waals surface area contributed by atoms with Gasteiger partial charge in [-0.05, 0) is 23.8 Å². The molecule has 0 saturated carbocycles. The van der Waals surface area contributed by atoms with E-state index in [-0.39, 0.29) is 5.91 Å². The molecule has 0 aliphatic carbocycles. The first-order valence-corrected chi connectivity index (χ1v) is 5.52. The molecule has 1 heterocycles. The van der Waals surface area contributed by atoms with Gasteiger partial charge in [0, 0.05) is 25.0 Å². The Balaban J connectivity index is 2.38. The van der Waals surface area contributed by atoms with E-state index in [9.17, 15) is 4.79 Å². The van der Waals surface area contributed by atoms with Crippen molar-refractivity contribution in [1.29, 1.82) is 0 Å². The van der Waals surface area contributed by atoms with E-state index in [1.165, 1.54) is 0 Å². The van der Waals surface area contributed by atoms with Gasteiger partial charge in [0.15, 0.2) is 0 Å². The van der Waals surface area contributed by atoms with Crippen LogP contribution >= 0.6 is 11.6 Å². The Labute approximate surface area is 99.5 Å². The Morgan fingerprint density at radius 2 is 2.19 bits per heavy atom. The van der Waals surface area contributed by atoms with Crippen molar-refractivity contribution in [2.75, 3.05) is 18.1 Å². The maximum Gasteiger partial charge on any atom is 0.219 e. The summed E-state index contributed by atoms with van der Waals surface area (Å²) in [5.41, 5.74) is 1.93. The van der Waals surface area contributed by atoms with Crippen molar-refractivity contribution < 1.29 is 4.79 Å². The number of nitrogens with two attached hydrogens (primary N) is 1. The molecule has 0 saturated heterocycles. The second kappa shape index (κ2) is 4.31. The molecule has 0 atom stereocenters. The molecule has 0 fully saturated rings. The molecule has 2 rings (SSSR count). The van der Waals surface area contributed by atoms with Crippen LogP contribution in [0.1, 0.15) is 12.5 Å². The van der Waals surface area contributed by atoms with Gasteiger partial charge < -0.3 is 9.91 Å². The Morgan fingerprint density at radius 3 is 2.88 bits per heavy atom. The summed E-state index contributed by atoms with van der Waals surface area (Å²) in [6.45, 7) is 3.40. The molecule has 1 aromatic carbocycles. The molecule has 16 heavy (non-hydrogen) atoms. The highest BCUT2D eigenvalue weighted by atomic mass is 35.5. The number of rotatable bonds is 0. The summed E-state index contributed by atoms with van der Waals surface area (Å²) < 4.78 is 0. The van der Waals surface area contributed by atoms with Gasteiger partial charge >= 0.3 is 0 Å². The molecule has 1 aliphatic rings. The lowest BCUT2D eigenvalue weighted by atomic mass is 10.1. The van der Waals surface area contributed by atoms with Crippen LogP contribution in [0, 0.1) is 0 Å². The molecule has 0 spiro atoms. The Kier molecular flexibility index (Phi) is 3.03. The molecule has 86 valence electrons. The van der Waals surface area contributed by atoms with E-state index in [1.54, 1.807) is 16.8 Å². The van der Waals surface area contributed by atoms with Crippen LogP contribution in [0.15, 0.2) is 18.2 Å². The number of hydrogen-bond donors (Lipinski definition) is 1. The van der Waals surface area contributed by atoms with Gasteiger partial charge in [-0.1, -0.05) is 11.6 Å². The first-order valence-electron chi connectivity index (χ1n) is 5.14. The number of fused-ring (bicyclic) bond motifs is 1. The molecule has 0 radical (unpaired) electrons. The van der Waals surface area contributed by atoms with Crippen LogP contribution in [0.2, 0.25) is 5.02 Å². The van der Waals surface area contributed by atoms with Crippen LogP contribution in [0.3, 0.4) is 0 Å². The van der Waals surface area contributed by atoms with E-state index >= 15 is 0 Å². The first kappa shape index (κ1) is 11.2. The first-order chi connectivity index (χ1) is 7.58. The zero-order chi connectivity index (χ0) is 11.7. The molecule has 0 unspecified atom stereocenters. The lowest BCUT2D eigenvalue weighted by Gasteiger charge is -2.18. The third-order valence-corrected chi connectivity index (χ3v) is 3.00. The average Bonchev–Trinajstić information content (AvgIpc) is 2.38. The van der Waals surface area contributed by atoms with Gasteiger partial charge in [0.1, 0.15) is 0 Å². The van der Waals surface area contributed by atoms with Gasteiger partial charge in [-0.15, -0.1) is 0 Å². The third kappa shape index (κ3) is 2.13. The highest BCUT2D eigenvalue weighted by Gasteiger charge is 2.19. The van der Waals surface area contributed by atoms with E-state index in [0.717, 1.165) is 11.3 Å². The number of nitrogens with zero attached hydrogens (tertiary/aromatic N) is 2. The molecule has 0 bridgehead atoms. The summed E-state index contributed by atoms with van der Waals surface area (Å²) in [4.78, 5) is 13.2. The van der Waals surface area contributed by atoms with Gasteiger partial charge in [-0.2, -0.15) is 0 Å². The van der Waals surface area contributed by atoms with Gasteiger partial charge in [0.2, 0.25) is 5.91 Å². The zero-order valence-corrected chi connectivity index (χ0v) is 9.87. The van der Waals surface area contributed by atoms with E-state index in [0.29, 0.717) is 24.7 Å². The maximum atomic E-state index is 11.4. The Bertz CT molecular complexity index is 422. The zero-order valence-electron chi connectivity index (χ0n) is 9.11. The van der Waals surface area contributed by atoms with Crippen LogP contribution < -0.4 is 10.9 Å². The largest absolute Gasteiger partial charge is 0.337 e. The van der Waals surface area contributed by atoms with Crippen LogP contribution in [0.5, 0.6) is 0 Å². The third-order valence-electron chi connectivity index (χ3n) is 2.77. The standard InChI is InChI=1S/C11H14ClN3O/c1-8(16)14-4-5-15(13)11-3-2-10(12)6-9(11)7-14/h2-3,6H,4-5,7,13H2,1H3. The number of benzene rings is 1. The molecule has 1 aromatic rings. The van der Waals surface area contributed by atoms with Crippen LogP contribution in [0.4, 0.5) is 5.69 Å². The minimum Gasteiger partial charge on any atom is -0.337 e. The highest BCUT2D eigenvalue weighted by Crippen LogP contribution is 2.26. The van der Waals surface area contributed by atoms with Gasteiger partial charge in [-0.25, -0.2) is 5.84 Å². The fraction of sp³-hybridized carbons (Fsp3) is 0.364. The molecule has 0 aromatic heterocycles. The van der Waals surface area contributed by atoms with E-state index in [4.69, 9.17) is 17.4 Å². The van der Waals surface area contributed by atoms with Crippen molar-refractivity contribution in [2.45, 2.75) is 13.5 Å². The normalized spacial score (nSPS) is 15.7. The van der Waals surface area contributed by atoms with Gasteiger partial charge in [-0.3, -0.25) is 4.79 Å². The predicted molar refractivity (Wildman–Crippen MR) is 64.1 cm³/mol. The lowest BCUT2D eigenvalue weighted by molar-refractivity contribution is -0.129. The molecular weight excluding hydrogens is 226 g/mol. The number of carbonyl (C=O) groups is 1. The second-order valence-corrected chi connectivity index (χ2v) is 4.34. The summed E-state index contributed by atoms with van der Waals surface area (Å²) in [7, 11) is 0. The average molecular weight is 240 g/mol. The van der Waals surface area contributed by atoms with Gasteiger partial charge in [0.05, 0.1) is 12.2 Å². The molecule has 5 heteroatoms. The quantitative estimate of drug-likeness (QED) is 0.696. The van der Waals surface area contributed by atoms with Crippen LogP contribution in [0.25, 0.3) is 0 Å². The smallest absolute Gasteiger partial charge is 0.219 e. The number of amides is 1. The lowest BCUT2D eigenvalue weighted by Crippen LogP contribution is -2.37. The Hall–Kier alpha value is -1.26. The summed E-state index contributed by atoms with van der Waals surface area (Å²) in [6.07, 6.45) is 0. The summed E-state index contributed by atoms with van der Waals surface area (Å²) >= 11 is 5.94. The maximum absolute atomic E-state index is 11.4. The number of halogens is 1. The molecule has 1 amide bonds.